The molecular weight excluding hydrogens is 289 g/mol. The molecule has 0 fully saturated rings. The summed E-state index contributed by atoms with van der Waals surface area (Å²) in [5, 5.41) is 9.14. The standard InChI is InChI=1S/C12H11BrClNO/c1-2-8(5-6-15)12(16)9-3-4-10(13)11(14)7-9/h3-4,7-8H,2,5H2,1H3. The molecule has 1 rings (SSSR count). The Bertz CT molecular complexity index is 439. The van der Waals surface area contributed by atoms with Gasteiger partial charge >= 0.3 is 0 Å². The van der Waals surface area contributed by atoms with Gasteiger partial charge in [0.25, 0.3) is 0 Å². The van der Waals surface area contributed by atoms with Gasteiger partial charge in [-0.2, -0.15) is 5.26 Å². The highest BCUT2D eigenvalue weighted by Crippen LogP contribution is 2.25. The monoisotopic (exact) mass is 299 g/mol. The van der Waals surface area contributed by atoms with E-state index < -0.39 is 0 Å². The minimum absolute atomic E-state index is 0.0153. The lowest BCUT2D eigenvalue weighted by atomic mass is 9.93. The molecule has 0 saturated carbocycles. The van der Waals surface area contributed by atoms with Crippen LogP contribution in [0.25, 0.3) is 0 Å². The Labute approximate surface area is 108 Å². The normalized spacial score (nSPS) is 11.9. The fourth-order valence-electron chi connectivity index (χ4n) is 1.42. The maximum atomic E-state index is 12.0. The average molecular weight is 301 g/mol. The summed E-state index contributed by atoms with van der Waals surface area (Å²) < 4.78 is 0.763. The number of nitriles is 1. The van der Waals surface area contributed by atoms with Gasteiger partial charge in [-0.05, 0) is 34.5 Å². The Morgan fingerprint density at radius 2 is 2.31 bits per heavy atom. The molecule has 4 heteroatoms. The first kappa shape index (κ1) is 13.2. The third kappa shape index (κ3) is 3.07. The number of carbonyl (C=O) groups excluding carboxylic acids is 1. The Balaban J connectivity index is 2.95. The van der Waals surface area contributed by atoms with E-state index in [1.807, 2.05) is 13.0 Å². The number of halogens is 2. The lowest BCUT2D eigenvalue weighted by Crippen LogP contribution is -2.13. The van der Waals surface area contributed by atoms with Gasteiger partial charge in [0.1, 0.15) is 0 Å². The van der Waals surface area contributed by atoms with Crippen LogP contribution in [0, 0.1) is 17.2 Å². The molecule has 1 aromatic carbocycles. The van der Waals surface area contributed by atoms with Crippen LogP contribution in [-0.2, 0) is 0 Å². The van der Waals surface area contributed by atoms with Crippen molar-refractivity contribution in [3.05, 3.63) is 33.3 Å². The smallest absolute Gasteiger partial charge is 0.167 e. The molecule has 1 unspecified atom stereocenters. The molecule has 0 spiro atoms. The second kappa shape index (κ2) is 6.03. The summed E-state index contributed by atoms with van der Waals surface area (Å²) in [6.45, 7) is 1.90. The minimum atomic E-state index is -0.234. The van der Waals surface area contributed by atoms with E-state index in [4.69, 9.17) is 16.9 Å². The van der Waals surface area contributed by atoms with Crippen molar-refractivity contribution >= 4 is 33.3 Å². The molecule has 0 saturated heterocycles. The topological polar surface area (TPSA) is 40.9 Å². The van der Waals surface area contributed by atoms with E-state index in [1.165, 1.54) is 0 Å². The van der Waals surface area contributed by atoms with Crippen LogP contribution in [0.2, 0.25) is 5.02 Å². The molecule has 0 amide bonds. The van der Waals surface area contributed by atoms with Crippen LogP contribution in [0.4, 0.5) is 0 Å². The molecule has 0 aliphatic heterocycles. The highest BCUT2D eigenvalue weighted by molar-refractivity contribution is 9.10. The van der Waals surface area contributed by atoms with Gasteiger partial charge in [0.05, 0.1) is 11.1 Å². The second-order valence-electron chi connectivity index (χ2n) is 3.46. The van der Waals surface area contributed by atoms with Crippen molar-refractivity contribution in [1.82, 2.24) is 0 Å². The van der Waals surface area contributed by atoms with E-state index in [2.05, 4.69) is 15.9 Å². The maximum absolute atomic E-state index is 12.0. The van der Waals surface area contributed by atoms with Gasteiger partial charge < -0.3 is 0 Å². The minimum Gasteiger partial charge on any atom is -0.294 e. The third-order valence-corrected chi connectivity index (χ3v) is 3.64. The molecule has 0 N–H and O–H groups in total. The van der Waals surface area contributed by atoms with E-state index in [1.54, 1.807) is 18.2 Å². The van der Waals surface area contributed by atoms with E-state index in [-0.39, 0.29) is 18.1 Å². The van der Waals surface area contributed by atoms with E-state index >= 15 is 0 Å². The third-order valence-electron chi connectivity index (χ3n) is 2.41. The first-order valence-corrected chi connectivity index (χ1v) is 6.13. The van der Waals surface area contributed by atoms with Crippen molar-refractivity contribution in [3.63, 3.8) is 0 Å². The summed E-state index contributed by atoms with van der Waals surface area (Å²) in [6.07, 6.45) is 0.920. The Hall–Kier alpha value is -0.850. The van der Waals surface area contributed by atoms with Gasteiger partial charge in [-0.3, -0.25) is 4.79 Å². The maximum Gasteiger partial charge on any atom is 0.167 e. The van der Waals surface area contributed by atoms with Crippen LogP contribution in [0.5, 0.6) is 0 Å². The molecule has 1 atom stereocenters. The summed E-state index contributed by atoms with van der Waals surface area (Å²) in [5.74, 6) is -0.249. The molecule has 0 heterocycles. The van der Waals surface area contributed by atoms with Gasteiger partial charge in [0.2, 0.25) is 0 Å². The van der Waals surface area contributed by atoms with Crippen LogP contribution in [-0.4, -0.2) is 5.78 Å². The number of hydrogen-bond acceptors (Lipinski definition) is 2. The predicted molar refractivity (Wildman–Crippen MR) is 67.5 cm³/mol. The van der Waals surface area contributed by atoms with Crippen molar-refractivity contribution in [2.75, 3.05) is 0 Å². The molecule has 0 radical (unpaired) electrons. The Morgan fingerprint density at radius 1 is 1.62 bits per heavy atom. The first-order chi connectivity index (χ1) is 7.60. The summed E-state index contributed by atoms with van der Waals surface area (Å²) in [4.78, 5) is 12.0. The molecule has 0 aromatic heterocycles. The lowest BCUT2D eigenvalue weighted by Gasteiger charge is -2.10. The quantitative estimate of drug-likeness (QED) is 0.781. The fourth-order valence-corrected chi connectivity index (χ4v) is 1.84. The van der Waals surface area contributed by atoms with E-state index in [0.29, 0.717) is 17.0 Å². The largest absolute Gasteiger partial charge is 0.294 e. The van der Waals surface area contributed by atoms with Crippen LogP contribution in [0.15, 0.2) is 22.7 Å². The zero-order chi connectivity index (χ0) is 12.1. The summed E-state index contributed by atoms with van der Waals surface area (Å²) in [5.41, 5.74) is 0.565. The molecule has 2 nitrogen and oxygen atoms in total. The van der Waals surface area contributed by atoms with Gasteiger partial charge in [0.15, 0.2) is 5.78 Å². The summed E-state index contributed by atoms with van der Waals surface area (Å²) >= 11 is 9.19. The SMILES string of the molecule is CCC(CC#N)C(=O)c1ccc(Br)c(Cl)c1. The molecule has 0 aliphatic carbocycles. The number of nitrogens with zero attached hydrogens (tertiary/aromatic N) is 1. The van der Waals surface area contributed by atoms with Crippen molar-refractivity contribution in [2.45, 2.75) is 19.8 Å². The van der Waals surface area contributed by atoms with Crippen molar-refractivity contribution in [1.29, 1.82) is 5.26 Å². The second-order valence-corrected chi connectivity index (χ2v) is 4.72. The van der Waals surface area contributed by atoms with E-state index in [9.17, 15) is 4.79 Å². The average Bonchev–Trinajstić information content (AvgIpc) is 2.28. The van der Waals surface area contributed by atoms with Crippen LogP contribution >= 0.6 is 27.5 Å². The molecule has 0 aliphatic rings. The van der Waals surface area contributed by atoms with Crippen LogP contribution in [0.1, 0.15) is 30.1 Å². The van der Waals surface area contributed by atoms with Crippen molar-refractivity contribution in [2.24, 2.45) is 5.92 Å². The molecule has 84 valence electrons. The highest BCUT2D eigenvalue weighted by atomic mass is 79.9. The van der Waals surface area contributed by atoms with Gasteiger partial charge in [-0.1, -0.05) is 24.6 Å². The number of carbonyl (C=O) groups is 1. The van der Waals surface area contributed by atoms with Gasteiger partial charge in [0, 0.05) is 22.4 Å². The van der Waals surface area contributed by atoms with Crippen LogP contribution < -0.4 is 0 Å². The van der Waals surface area contributed by atoms with Gasteiger partial charge in [-0.25, -0.2) is 0 Å². The zero-order valence-corrected chi connectivity index (χ0v) is 11.2. The summed E-state index contributed by atoms with van der Waals surface area (Å²) in [7, 11) is 0. The lowest BCUT2D eigenvalue weighted by molar-refractivity contribution is 0.0918. The number of rotatable bonds is 4. The molecule has 16 heavy (non-hydrogen) atoms. The van der Waals surface area contributed by atoms with Crippen molar-refractivity contribution in [3.8, 4) is 6.07 Å². The molecule has 0 bridgehead atoms. The van der Waals surface area contributed by atoms with E-state index in [0.717, 1.165) is 4.47 Å². The van der Waals surface area contributed by atoms with Crippen LogP contribution in [0.3, 0.4) is 0 Å². The number of hydrogen-bond donors (Lipinski definition) is 0. The fraction of sp³-hybridized carbons (Fsp3) is 0.333. The number of Topliss-reactive ketones (excluding diaryl/α,β-unsaturated/α-hetero) is 1. The first-order valence-electron chi connectivity index (χ1n) is 4.96. The highest BCUT2D eigenvalue weighted by Gasteiger charge is 2.18. The summed E-state index contributed by atoms with van der Waals surface area (Å²) in [6, 6.07) is 7.13. The van der Waals surface area contributed by atoms with Gasteiger partial charge in [-0.15, -0.1) is 0 Å². The zero-order valence-electron chi connectivity index (χ0n) is 8.84. The Morgan fingerprint density at radius 3 is 2.81 bits per heavy atom. The molecule has 1 aromatic rings. The predicted octanol–water partition coefficient (Wildman–Crippen LogP) is 4.23. The number of benzene rings is 1. The van der Waals surface area contributed by atoms with Crippen molar-refractivity contribution < 1.29 is 4.79 Å². The molecular formula is C12H11BrClNO. The Kier molecular flexibility index (Phi) is 4.98. The number of ketones is 1.